The van der Waals surface area contributed by atoms with Crippen LogP contribution in [0.4, 0.5) is 11.8 Å². The quantitative estimate of drug-likeness (QED) is 0.440. The van der Waals surface area contributed by atoms with E-state index < -0.39 is 0 Å². The maximum atomic E-state index is 12.5. The fourth-order valence-electron chi connectivity index (χ4n) is 5.13. The SMILES string of the molecule is COc1cc2nc(N3CCN(C(=O)C4CCCO4)CC3)nc(N)c2cc1OC.Cl.O=C(c1ccco1)N1CCNCC1. The zero-order valence-corrected chi connectivity index (χ0v) is 24.7. The Balaban J connectivity index is 0.000000243. The van der Waals surface area contributed by atoms with Crippen LogP contribution in [0.3, 0.4) is 0 Å². The minimum absolute atomic E-state index is 0. The Bertz CT molecular complexity index is 1340. The summed E-state index contributed by atoms with van der Waals surface area (Å²) in [5, 5.41) is 3.91. The molecule has 3 aliphatic heterocycles. The number of piperazine rings is 2. The van der Waals surface area contributed by atoms with Crippen LogP contribution in [-0.2, 0) is 9.53 Å². The molecular formula is C28H38ClN7O6. The van der Waals surface area contributed by atoms with Gasteiger partial charge in [-0.3, -0.25) is 9.59 Å². The van der Waals surface area contributed by atoms with E-state index in [1.54, 1.807) is 43.4 Å². The molecule has 6 rings (SSSR count). The number of methoxy groups -OCH3 is 2. The van der Waals surface area contributed by atoms with E-state index in [2.05, 4.69) is 15.3 Å². The van der Waals surface area contributed by atoms with Crippen LogP contribution in [-0.4, -0.2) is 111 Å². The van der Waals surface area contributed by atoms with Gasteiger partial charge in [0.05, 0.1) is 26.0 Å². The topological polar surface area (TPSA) is 149 Å². The molecule has 1 unspecified atom stereocenters. The Hall–Kier alpha value is -3.81. The maximum absolute atomic E-state index is 12.5. The molecule has 3 saturated heterocycles. The van der Waals surface area contributed by atoms with Gasteiger partial charge in [-0.1, -0.05) is 0 Å². The lowest BCUT2D eigenvalue weighted by atomic mass is 10.2. The van der Waals surface area contributed by atoms with Crippen molar-refractivity contribution in [1.82, 2.24) is 25.1 Å². The van der Waals surface area contributed by atoms with Gasteiger partial charge < -0.3 is 44.4 Å². The number of rotatable bonds is 5. The van der Waals surface area contributed by atoms with Crippen LogP contribution in [0.2, 0.25) is 0 Å². The first-order valence-corrected chi connectivity index (χ1v) is 13.9. The highest BCUT2D eigenvalue weighted by molar-refractivity contribution is 5.92. The number of benzene rings is 1. The van der Waals surface area contributed by atoms with E-state index in [4.69, 9.17) is 24.4 Å². The lowest BCUT2D eigenvalue weighted by molar-refractivity contribution is -0.141. The predicted octanol–water partition coefficient (Wildman–Crippen LogP) is 1.80. The standard InChI is InChI=1S/C19H25N5O4.C9H12N2O2.ClH/c1-26-15-10-12-13(11-16(15)27-2)21-19(22-17(12)20)24-7-5-23(6-8-24)18(25)14-4-3-9-28-14;12-9(8-2-1-7-13-8)11-5-3-10-4-6-11;/h10-11,14H,3-9H2,1-2H3,(H2,20,21,22);1-2,7,10H,3-6H2;1H. The molecule has 2 aromatic heterocycles. The van der Waals surface area contributed by atoms with Gasteiger partial charge >= 0.3 is 0 Å². The molecule has 14 heteroatoms. The van der Waals surface area contributed by atoms with E-state index in [1.165, 1.54) is 6.26 Å². The number of hydrogen-bond acceptors (Lipinski definition) is 11. The van der Waals surface area contributed by atoms with Gasteiger partial charge in [0, 0.05) is 70.4 Å². The number of nitrogens with zero attached hydrogens (tertiary/aromatic N) is 5. The Morgan fingerprint density at radius 2 is 1.71 bits per heavy atom. The van der Waals surface area contributed by atoms with Crippen molar-refractivity contribution in [1.29, 1.82) is 0 Å². The number of amides is 2. The number of nitrogens with one attached hydrogen (secondary N) is 1. The normalized spacial score (nSPS) is 18.6. The van der Waals surface area contributed by atoms with Gasteiger partial charge in [0.15, 0.2) is 17.3 Å². The number of carbonyl (C=O) groups excluding carboxylic acids is 2. The summed E-state index contributed by atoms with van der Waals surface area (Å²) in [6.45, 7) is 6.47. The molecule has 3 N–H and O–H groups in total. The predicted molar refractivity (Wildman–Crippen MR) is 160 cm³/mol. The van der Waals surface area contributed by atoms with Crippen molar-refractivity contribution in [3.05, 3.63) is 36.3 Å². The smallest absolute Gasteiger partial charge is 0.289 e. The van der Waals surface area contributed by atoms with E-state index in [1.807, 2.05) is 9.80 Å². The zero-order chi connectivity index (χ0) is 28.8. The van der Waals surface area contributed by atoms with Gasteiger partial charge in [0.1, 0.15) is 11.9 Å². The number of hydrogen-bond donors (Lipinski definition) is 2. The number of furan rings is 1. The molecule has 1 aromatic carbocycles. The van der Waals surface area contributed by atoms with E-state index in [9.17, 15) is 9.59 Å². The van der Waals surface area contributed by atoms with Crippen LogP contribution in [0.5, 0.6) is 11.5 Å². The minimum Gasteiger partial charge on any atom is -0.493 e. The van der Waals surface area contributed by atoms with Gasteiger partial charge in [-0.25, -0.2) is 4.98 Å². The van der Waals surface area contributed by atoms with Crippen molar-refractivity contribution in [2.75, 3.05) is 83.8 Å². The zero-order valence-electron chi connectivity index (χ0n) is 23.9. The first kappa shape index (κ1) is 31.1. The van der Waals surface area contributed by atoms with Crippen molar-refractivity contribution >= 4 is 46.9 Å². The molecule has 3 fully saturated rings. The van der Waals surface area contributed by atoms with Crippen LogP contribution in [0.25, 0.3) is 10.9 Å². The van der Waals surface area contributed by atoms with E-state index in [-0.39, 0.29) is 30.3 Å². The lowest BCUT2D eigenvalue weighted by Gasteiger charge is -2.35. The Morgan fingerprint density at radius 1 is 1.00 bits per heavy atom. The van der Waals surface area contributed by atoms with Gasteiger partial charge in [0.25, 0.3) is 11.8 Å². The molecule has 1 atom stereocenters. The summed E-state index contributed by atoms with van der Waals surface area (Å²) in [4.78, 5) is 39.0. The van der Waals surface area contributed by atoms with Gasteiger partial charge in [-0.05, 0) is 31.0 Å². The maximum Gasteiger partial charge on any atom is 0.289 e. The number of halogens is 1. The minimum atomic E-state index is -0.276. The Kier molecular flexibility index (Phi) is 10.7. The summed E-state index contributed by atoms with van der Waals surface area (Å²) < 4.78 is 21.2. The third kappa shape index (κ3) is 6.97. The lowest BCUT2D eigenvalue weighted by Crippen LogP contribution is -2.51. The molecule has 2 amide bonds. The van der Waals surface area contributed by atoms with Crippen molar-refractivity contribution in [3.8, 4) is 11.5 Å². The van der Waals surface area contributed by atoms with Crippen LogP contribution < -0.4 is 25.4 Å². The fourth-order valence-corrected chi connectivity index (χ4v) is 5.13. The molecule has 13 nitrogen and oxygen atoms in total. The highest BCUT2D eigenvalue weighted by Crippen LogP contribution is 2.34. The molecular weight excluding hydrogens is 566 g/mol. The third-order valence-electron chi connectivity index (χ3n) is 7.43. The second-order valence-corrected chi connectivity index (χ2v) is 9.97. The molecule has 0 radical (unpaired) electrons. The Morgan fingerprint density at radius 3 is 2.33 bits per heavy atom. The molecule has 0 spiro atoms. The summed E-state index contributed by atoms with van der Waals surface area (Å²) in [5.74, 6) is 2.63. The van der Waals surface area contributed by atoms with Gasteiger partial charge in [-0.2, -0.15) is 4.98 Å². The van der Waals surface area contributed by atoms with Crippen LogP contribution in [0, 0.1) is 0 Å². The van der Waals surface area contributed by atoms with Crippen LogP contribution >= 0.6 is 12.4 Å². The molecule has 0 saturated carbocycles. The van der Waals surface area contributed by atoms with E-state index >= 15 is 0 Å². The average molecular weight is 604 g/mol. The van der Waals surface area contributed by atoms with Crippen molar-refractivity contribution in [2.24, 2.45) is 0 Å². The largest absolute Gasteiger partial charge is 0.493 e. The summed E-state index contributed by atoms with van der Waals surface area (Å²) in [6.07, 6.45) is 3.01. The summed E-state index contributed by atoms with van der Waals surface area (Å²) >= 11 is 0. The molecule has 3 aliphatic rings. The first-order chi connectivity index (χ1) is 20.0. The molecule has 0 bridgehead atoms. The van der Waals surface area contributed by atoms with E-state index in [0.29, 0.717) is 72.7 Å². The van der Waals surface area contributed by atoms with E-state index in [0.717, 1.165) is 39.0 Å². The van der Waals surface area contributed by atoms with Crippen LogP contribution in [0.15, 0.2) is 34.9 Å². The number of aromatic nitrogens is 2. The highest BCUT2D eigenvalue weighted by atomic mass is 35.5. The molecule has 5 heterocycles. The van der Waals surface area contributed by atoms with Gasteiger partial charge in [0.2, 0.25) is 5.95 Å². The average Bonchev–Trinajstić information content (AvgIpc) is 3.76. The Labute approximate surface area is 250 Å². The van der Waals surface area contributed by atoms with Crippen LogP contribution in [0.1, 0.15) is 23.4 Å². The molecule has 3 aromatic rings. The summed E-state index contributed by atoms with van der Waals surface area (Å²) in [7, 11) is 3.16. The number of anilines is 2. The van der Waals surface area contributed by atoms with Crippen molar-refractivity contribution < 1.29 is 28.2 Å². The van der Waals surface area contributed by atoms with Crippen molar-refractivity contribution in [2.45, 2.75) is 18.9 Å². The second-order valence-electron chi connectivity index (χ2n) is 9.97. The monoisotopic (exact) mass is 603 g/mol. The number of carbonyl (C=O) groups is 2. The number of nitrogen functional groups attached to an aromatic ring is 1. The molecule has 228 valence electrons. The third-order valence-corrected chi connectivity index (χ3v) is 7.43. The molecule has 42 heavy (non-hydrogen) atoms. The number of ether oxygens (including phenoxy) is 3. The second kappa shape index (κ2) is 14.4. The highest BCUT2D eigenvalue weighted by Gasteiger charge is 2.31. The number of fused-ring (bicyclic) bond motifs is 1. The summed E-state index contributed by atoms with van der Waals surface area (Å²) in [5.41, 5.74) is 6.87. The van der Waals surface area contributed by atoms with Crippen molar-refractivity contribution in [3.63, 3.8) is 0 Å². The van der Waals surface area contributed by atoms with Gasteiger partial charge in [-0.15, -0.1) is 12.4 Å². The molecule has 0 aliphatic carbocycles. The first-order valence-electron chi connectivity index (χ1n) is 13.9. The number of nitrogens with two attached hydrogens (primary N) is 1. The summed E-state index contributed by atoms with van der Waals surface area (Å²) in [6, 6.07) is 7.01. The fraction of sp³-hybridized carbons (Fsp3) is 0.500.